The van der Waals surface area contributed by atoms with Crippen LogP contribution in [0.15, 0.2) is 48.0 Å². The lowest BCUT2D eigenvalue weighted by molar-refractivity contribution is -0.135. The van der Waals surface area contributed by atoms with Gasteiger partial charge in [0.05, 0.1) is 6.42 Å². The summed E-state index contributed by atoms with van der Waals surface area (Å²) >= 11 is 0. The summed E-state index contributed by atoms with van der Waals surface area (Å²) < 4.78 is 19.8. The lowest BCUT2D eigenvalue weighted by atomic mass is 10.0. The second kappa shape index (κ2) is 8.21. The Kier molecular flexibility index (Phi) is 5.49. The van der Waals surface area contributed by atoms with E-state index < -0.39 is 5.97 Å². The Balaban J connectivity index is 1.61. The zero-order chi connectivity index (χ0) is 20.4. The number of benzene rings is 2. The number of hydrogen-bond acceptors (Lipinski definition) is 3. The van der Waals surface area contributed by atoms with E-state index in [1.807, 2.05) is 37.3 Å². The topological polar surface area (TPSA) is 58.6 Å². The van der Waals surface area contributed by atoms with Gasteiger partial charge in [0, 0.05) is 0 Å². The van der Waals surface area contributed by atoms with Gasteiger partial charge in [-0.15, -0.1) is 0 Å². The molecule has 2 aromatic rings. The molecule has 1 fully saturated rings. The first-order valence-corrected chi connectivity index (χ1v) is 9.92. The average molecular weight is 393 g/mol. The maximum Gasteiger partial charge on any atom is 0.307 e. The number of carboxylic acids is 1. The minimum atomic E-state index is -0.921. The number of piperidine rings is 1. The Hall–Kier alpha value is -2.92. The number of hydrogen-bond donors (Lipinski definition) is 2. The second-order valence-corrected chi connectivity index (χ2v) is 7.56. The van der Waals surface area contributed by atoms with Gasteiger partial charge in [0.25, 0.3) is 0 Å². The van der Waals surface area contributed by atoms with Crippen molar-refractivity contribution in [1.82, 2.24) is 5.32 Å². The van der Waals surface area contributed by atoms with Crippen molar-refractivity contribution in [2.75, 3.05) is 13.1 Å². The molecule has 0 unspecified atom stereocenters. The van der Waals surface area contributed by atoms with Crippen molar-refractivity contribution in [3.8, 4) is 5.75 Å². The van der Waals surface area contributed by atoms with Crippen molar-refractivity contribution in [3.05, 3.63) is 70.5 Å². The Labute approximate surface area is 169 Å². The van der Waals surface area contributed by atoms with E-state index in [0.29, 0.717) is 11.1 Å². The van der Waals surface area contributed by atoms with Crippen LogP contribution < -0.4 is 10.1 Å². The smallest absolute Gasteiger partial charge is 0.307 e. The highest BCUT2D eigenvalue weighted by Crippen LogP contribution is 2.43. The summed E-state index contributed by atoms with van der Waals surface area (Å²) in [5.74, 6) is -0.429. The molecule has 2 N–H and O–H groups in total. The van der Waals surface area contributed by atoms with Gasteiger partial charge in [0.1, 0.15) is 17.7 Å². The van der Waals surface area contributed by atoms with Crippen molar-refractivity contribution in [1.29, 1.82) is 0 Å². The Morgan fingerprint density at radius 3 is 2.59 bits per heavy atom. The van der Waals surface area contributed by atoms with Crippen molar-refractivity contribution >= 4 is 23.2 Å². The molecule has 0 atom stereocenters. The van der Waals surface area contributed by atoms with Gasteiger partial charge in [-0.3, -0.25) is 4.79 Å². The Bertz CT molecular complexity index is 986. The molecule has 1 saturated heterocycles. The number of halogens is 1. The summed E-state index contributed by atoms with van der Waals surface area (Å²) in [5, 5.41) is 12.6. The largest absolute Gasteiger partial charge is 0.490 e. The SMILES string of the molecule is CC1=C(CC(=O)O)c2cc(F)ccc2/C1=C\c1ccc(OC2CCNCC2)cc1. The average Bonchev–Trinajstić information content (AvgIpc) is 2.95. The molecule has 5 heteroatoms. The molecule has 29 heavy (non-hydrogen) atoms. The van der Waals surface area contributed by atoms with Crippen LogP contribution in [0.3, 0.4) is 0 Å². The van der Waals surface area contributed by atoms with Gasteiger partial charge in [0.15, 0.2) is 0 Å². The van der Waals surface area contributed by atoms with Crippen molar-refractivity contribution in [3.63, 3.8) is 0 Å². The lowest BCUT2D eigenvalue weighted by Crippen LogP contribution is -2.34. The summed E-state index contributed by atoms with van der Waals surface area (Å²) in [6.45, 7) is 3.87. The number of nitrogens with one attached hydrogen (secondary N) is 1. The van der Waals surface area contributed by atoms with Crippen molar-refractivity contribution in [2.45, 2.75) is 32.3 Å². The van der Waals surface area contributed by atoms with Crippen LogP contribution >= 0.6 is 0 Å². The fourth-order valence-electron chi connectivity index (χ4n) is 4.05. The predicted octanol–water partition coefficient (Wildman–Crippen LogP) is 4.76. The molecule has 0 radical (unpaired) electrons. The molecule has 0 spiro atoms. The predicted molar refractivity (Wildman–Crippen MR) is 112 cm³/mol. The van der Waals surface area contributed by atoms with Gasteiger partial charge in [-0.1, -0.05) is 18.2 Å². The van der Waals surface area contributed by atoms with Crippen LogP contribution in [0.25, 0.3) is 17.2 Å². The summed E-state index contributed by atoms with van der Waals surface area (Å²) in [4.78, 5) is 11.3. The van der Waals surface area contributed by atoms with Crippen LogP contribution in [0.5, 0.6) is 5.75 Å². The van der Waals surface area contributed by atoms with E-state index in [1.54, 1.807) is 6.07 Å². The fraction of sp³-hybridized carbons (Fsp3) is 0.292. The van der Waals surface area contributed by atoms with Crippen LogP contribution in [-0.4, -0.2) is 30.3 Å². The quantitative estimate of drug-likeness (QED) is 0.769. The first-order valence-electron chi connectivity index (χ1n) is 9.92. The van der Waals surface area contributed by atoms with Gasteiger partial charge in [-0.2, -0.15) is 0 Å². The van der Waals surface area contributed by atoms with Gasteiger partial charge in [0.2, 0.25) is 0 Å². The van der Waals surface area contributed by atoms with Gasteiger partial charge in [-0.05, 0) is 96.6 Å². The van der Waals surface area contributed by atoms with E-state index >= 15 is 0 Å². The minimum Gasteiger partial charge on any atom is -0.490 e. The van der Waals surface area contributed by atoms with Crippen LogP contribution in [0, 0.1) is 5.82 Å². The minimum absolute atomic E-state index is 0.122. The van der Waals surface area contributed by atoms with E-state index in [2.05, 4.69) is 5.32 Å². The zero-order valence-corrected chi connectivity index (χ0v) is 16.4. The van der Waals surface area contributed by atoms with Crippen LogP contribution in [-0.2, 0) is 4.79 Å². The molecule has 1 aliphatic carbocycles. The molecule has 1 heterocycles. The Morgan fingerprint density at radius 1 is 1.17 bits per heavy atom. The Morgan fingerprint density at radius 2 is 1.90 bits per heavy atom. The summed E-state index contributed by atoms with van der Waals surface area (Å²) in [7, 11) is 0. The molecule has 0 aromatic heterocycles. The van der Waals surface area contributed by atoms with Crippen molar-refractivity contribution < 1.29 is 19.0 Å². The standard InChI is InChI=1S/C24H24FNO3/c1-15-21(20-7-4-17(25)13-23(20)22(15)14-24(27)28)12-16-2-5-18(6-3-16)29-19-8-10-26-11-9-19/h2-7,12-13,19,26H,8-11,14H2,1H3,(H,27,28)/b21-12-. The molecule has 1 aliphatic heterocycles. The van der Waals surface area contributed by atoms with Crippen molar-refractivity contribution in [2.24, 2.45) is 0 Å². The van der Waals surface area contributed by atoms with Gasteiger partial charge < -0.3 is 15.2 Å². The van der Waals surface area contributed by atoms with E-state index in [4.69, 9.17) is 4.74 Å². The maximum absolute atomic E-state index is 13.8. The molecule has 4 rings (SSSR count). The normalized spacial score (nSPS) is 18.2. The molecular weight excluding hydrogens is 369 g/mol. The highest BCUT2D eigenvalue weighted by atomic mass is 19.1. The van der Waals surface area contributed by atoms with E-state index in [0.717, 1.165) is 54.0 Å². The molecular formula is C24H24FNO3. The highest BCUT2D eigenvalue weighted by molar-refractivity contribution is 6.07. The lowest BCUT2D eigenvalue weighted by Gasteiger charge is -2.23. The molecule has 0 amide bonds. The number of allylic oxidation sites excluding steroid dienone is 2. The number of rotatable bonds is 5. The molecule has 0 bridgehead atoms. The third-order valence-electron chi connectivity index (χ3n) is 5.56. The first-order chi connectivity index (χ1) is 14.0. The number of ether oxygens (including phenoxy) is 1. The molecule has 4 nitrogen and oxygen atoms in total. The highest BCUT2D eigenvalue weighted by Gasteiger charge is 2.25. The second-order valence-electron chi connectivity index (χ2n) is 7.56. The monoisotopic (exact) mass is 393 g/mol. The number of aliphatic carboxylic acids is 1. The number of carboxylic acid groups (broad SMARTS) is 1. The molecule has 0 saturated carbocycles. The van der Waals surface area contributed by atoms with Crippen LogP contribution in [0.1, 0.15) is 42.9 Å². The van der Waals surface area contributed by atoms with E-state index in [9.17, 15) is 14.3 Å². The number of carbonyl (C=O) groups is 1. The molecule has 2 aromatic carbocycles. The molecule has 2 aliphatic rings. The number of fused-ring (bicyclic) bond motifs is 1. The summed E-state index contributed by atoms with van der Waals surface area (Å²) in [6, 6.07) is 12.5. The van der Waals surface area contributed by atoms with Crippen LogP contribution in [0.2, 0.25) is 0 Å². The maximum atomic E-state index is 13.8. The first kappa shape index (κ1) is 19.4. The fourth-order valence-corrected chi connectivity index (χ4v) is 4.05. The summed E-state index contributed by atoms with van der Waals surface area (Å²) in [5.41, 5.74) is 5.01. The van der Waals surface area contributed by atoms with Crippen LogP contribution in [0.4, 0.5) is 4.39 Å². The van der Waals surface area contributed by atoms with E-state index in [1.165, 1.54) is 12.1 Å². The van der Waals surface area contributed by atoms with E-state index in [-0.39, 0.29) is 18.3 Å². The van der Waals surface area contributed by atoms with Gasteiger partial charge in [-0.25, -0.2) is 4.39 Å². The molecule has 150 valence electrons. The zero-order valence-electron chi connectivity index (χ0n) is 16.4. The summed E-state index contributed by atoms with van der Waals surface area (Å²) in [6.07, 6.45) is 4.17. The third kappa shape index (κ3) is 4.25. The third-order valence-corrected chi connectivity index (χ3v) is 5.56. The van der Waals surface area contributed by atoms with Gasteiger partial charge >= 0.3 is 5.97 Å².